The van der Waals surface area contributed by atoms with Crippen LogP contribution in [-0.4, -0.2) is 8.76 Å². The molecule has 0 saturated heterocycles. The van der Waals surface area contributed by atoms with Gasteiger partial charge in [-0.15, -0.1) is 0 Å². The summed E-state index contributed by atoms with van der Waals surface area (Å²) in [6.07, 6.45) is -2.52. The van der Waals surface area contributed by atoms with Gasteiger partial charge in [0.05, 0.1) is 0 Å². The zero-order valence-corrected chi connectivity index (χ0v) is 7.22. The first-order valence-corrected chi connectivity index (χ1v) is 4.46. The maximum absolute atomic E-state index is 12.0. The van der Waals surface area contributed by atoms with Crippen molar-refractivity contribution < 1.29 is 17.5 Å². The van der Waals surface area contributed by atoms with Crippen molar-refractivity contribution in [2.75, 3.05) is 4.72 Å². The lowest BCUT2D eigenvalue weighted by Gasteiger charge is -2.02. The molecule has 0 saturated carbocycles. The Bertz CT molecular complexity index is 302. The summed E-state index contributed by atoms with van der Waals surface area (Å²) < 4.78 is 44.9. The average Bonchev–Trinajstić information content (AvgIpc) is 2.04. The SMILES string of the molecule is O=S(O)Nc1ccc(C(F)F)cc1. The van der Waals surface area contributed by atoms with Gasteiger partial charge >= 0.3 is 0 Å². The minimum Gasteiger partial charge on any atom is -0.289 e. The van der Waals surface area contributed by atoms with Crippen molar-refractivity contribution in [3.8, 4) is 0 Å². The van der Waals surface area contributed by atoms with Crippen LogP contribution in [0.1, 0.15) is 12.0 Å². The van der Waals surface area contributed by atoms with Crippen LogP contribution in [0.25, 0.3) is 0 Å². The standard InChI is InChI=1S/C7H7F2NO2S/c8-7(9)5-1-3-6(4-2-5)10-13(11)12/h1-4,7,10H,(H,11,12). The summed E-state index contributed by atoms with van der Waals surface area (Å²) in [5.74, 6) is 0. The van der Waals surface area contributed by atoms with E-state index in [1.807, 2.05) is 0 Å². The minimum absolute atomic E-state index is 0.116. The molecule has 0 radical (unpaired) electrons. The van der Waals surface area contributed by atoms with Crippen molar-refractivity contribution in [3.63, 3.8) is 0 Å². The number of rotatable bonds is 3. The Hall–Kier alpha value is -1.01. The summed E-state index contributed by atoms with van der Waals surface area (Å²) in [6.45, 7) is 0. The first-order chi connectivity index (χ1) is 6.09. The quantitative estimate of drug-likeness (QED) is 0.746. The number of alkyl halides is 2. The Morgan fingerprint density at radius 3 is 2.23 bits per heavy atom. The van der Waals surface area contributed by atoms with E-state index in [2.05, 4.69) is 4.72 Å². The number of anilines is 1. The van der Waals surface area contributed by atoms with Crippen molar-refractivity contribution in [2.45, 2.75) is 6.43 Å². The average molecular weight is 207 g/mol. The topological polar surface area (TPSA) is 49.3 Å². The van der Waals surface area contributed by atoms with Crippen molar-refractivity contribution >= 4 is 17.0 Å². The molecule has 0 heterocycles. The summed E-state index contributed by atoms with van der Waals surface area (Å²) in [7, 11) is 0. The van der Waals surface area contributed by atoms with E-state index < -0.39 is 17.7 Å². The zero-order chi connectivity index (χ0) is 9.84. The Morgan fingerprint density at radius 2 is 1.85 bits per heavy atom. The van der Waals surface area contributed by atoms with Crippen LogP contribution in [0.15, 0.2) is 24.3 Å². The smallest absolute Gasteiger partial charge is 0.263 e. The third-order valence-corrected chi connectivity index (χ3v) is 1.78. The summed E-state index contributed by atoms with van der Waals surface area (Å²) >= 11 is -2.17. The Kier molecular flexibility index (Phi) is 3.32. The van der Waals surface area contributed by atoms with E-state index in [4.69, 9.17) is 4.55 Å². The fraction of sp³-hybridized carbons (Fsp3) is 0.143. The Morgan fingerprint density at radius 1 is 1.31 bits per heavy atom. The predicted octanol–water partition coefficient (Wildman–Crippen LogP) is 2.17. The molecule has 72 valence electrons. The predicted molar refractivity (Wildman–Crippen MR) is 45.8 cm³/mol. The zero-order valence-electron chi connectivity index (χ0n) is 6.41. The molecular formula is C7H7F2NO2S. The number of hydrogen-bond acceptors (Lipinski definition) is 1. The lowest BCUT2D eigenvalue weighted by atomic mass is 10.2. The van der Waals surface area contributed by atoms with Gasteiger partial charge in [-0.2, -0.15) is 0 Å². The van der Waals surface area contributed by atoms with Gasteiger partial charge in [0.2, 0.25) is 0 Å². The van der Waals surface area contributed by atoms with Crippen LogP contribution in [0.2, 0.25) is 0 Å². The van der Waals surface area contributed by atoms with Crippen LogP contribution >= 0.6 is 0 Å². The molecule has 6 heteroatoms. The molecule has 0 aliphatic heterocycles. The van der Waals surface area contributed by atoms with E-state index in [0.29, 0.717) is 5.69 Å². The Balaban J connectivity index is 2.75. The monoisotopic (exact) mass is 207 g/mol. The number of halogens is 2. The number of hydrogen-bond donors (Lipinski definition) is 2. The molecule has 0 aromatic heterocycles. The first-order valence-electron chi connectivity index (χ1n) is 3.35. The summed E-state index contributed by atoms with van der Waals surface area (Å²) in [6, 6.07) is 5.02. The molecule has 0 aliphatic carbocycles. The number of benzene rings is 1. The molecule has 2 N–H and O–H groups in total. The van der Waals surface area contributed by atoms with Gasteiger partial charge in [0.25, 0.3) is 17.7 Å². The minimum atomic E-state index is -2.52. The van der Waals surface area contributed by atoms with E-state index in [1.165, 1.54) is 24.3 Å². The molecule has 1 atom stereocenters. The van der Waals surface area contributed by atoms with E-state index in [1.54, 1.807) is 0 Å². The molecule has 13 heavy (non-hydrogen) atoms. The van der Waals surface area contributed by atoms with Crippen LogP contribution in [0.5, 0.6) is 0 Å². The van der Waals surface area contributed by atoms with Crippen LogP contribution in [0, 0.1) is 0 Å². The second-order valence-corrected chi connectivity index (χ2v) is 2.98. The maximum atomic E-state index is 12.0. The highest BCUT2D eigenvalue weighted by Crippen LogP contribution is 2.20. The lowest BCUT2D eigenvalue weighted by Crippen LogP contribution is -2.01. The molecule has 0 aliphatic rings. The molecule has 1 aromatic rings. The molecule has 0 bridgehead atoms. The van der Waals surface area contributed by atoms with Gasteiger partial charge in [0, 0.05) is 11.3 Å². The van der Waals surface area contributed by atoms with E-state index in [0.717, 1.165) is 0 Å². The number of nitrogens with one attached hydrogen (secondary N) is 1. The van der Waals surface area contributed by atoms with Gasteiger partial charge < -0.3 is 0 Å². The van der Waals surface area contributed by atoms with E-state index in [9.17, 15) is 13.0 Å². The molecular weight excluding hydrogens is 200 g/mol. The largest absolute Gasteiger partial charge is 0.289 e. The molecule has 1 unspecified atom stereocenters. The van der Waals surface area contributed by atoms with Crippen molar-refractivity contribution in [3.05, 3.63) is 29.8 Å². The van der Waals surface area contributed by atoms with Crippen molar-refractivity contribution in [2.24, 2.45) is 0 Å². The Labute approximate surface area is 76.2 Å². The fourth-order valence-electron chi connectivity index (χ4n) is 0.797. The van der Waals surface area contributed by atoms with Crippen LogP contribution < -0.4 is 4.72 Å². The van der Waals surface area contributed by atoms with Gasteiger partial charge in [-0.1, -0.05) is 12.1 Å². The van der Waals surface area contributed by atoms with E-state index in [-0.39, 0.29) is 5.56 Å². The highest BCUT2D eigenvalue weighted by atomic mass is 32.2. The third kappa shape index (κ3) is 3.08. The van der Waals surface area contributed by atoms with Crippen LogP contribution in [0.3, 0.4) is 0 Å². The summed E-state index contributed by atoms with van der Waals surface area (Å²) in [5.41, 5.74) is 0.208. The van der Waals surface area contributed by atoms with Gasteiger partial charge in [-0.25, -0.2) is 13.0 Å². The van der Waals surface area contributed by atoms with Crippen LogP contribution in [0.4, 0.5) is 14.5 Å². The second-order valence-electron chi connectivity index (χ2n) is 2.27. The molecule has 1 rings (SSSR count). The van der Waals surface area contributed by atoms with Crippen molar-refractivity contribution in [1.82, 2.24) is 0 Å². The first kappa shape index (κ1) is 10.1. The molecule has 0 spiro atoms. The van der Waals surface area contributed by atoms with Gasteiger partial charge in [-0.3, -0.25) is 9.27 Å². The lowest BCUT2D eigenvalue weighted by molar-refractivity contribution is 0.151. The molecule has 1 aromatic carbocycles. The molecule has 0 fully saturated rings. The van der Waals surface area contributed by atoms with Gasteiger partial charge in [0.15, 0.2) is 0 Å². The molecule has 0 amide bonds. The highest BCUT2D eigenvalue weighted by molar-refractivity contribution is 7.80. The summed E-state index contributed by atoms with van der Waals surface area (Å²) in [4.78, 5) is 0. The summed E-state index contributed by atoms with van der Waals surface area (Å²) in [5, 5.41) is 0. The van der Waals surface area contributed by atoms with Crippen LogP contribution in [-0.2, 0) is 11.3 Å². The van der Waals surface area contributed by atoms with Crippen molar-refractivity contribution in [1.29, 1.82) is 0 Å². The highest BCUT2D eigenvalue weighted by Gasteiger charge is 2.05. The normalized spacial score (nSPS) is 12.9. The maximum Gasteiger partial charge on any atom is 0.263 e. The molecule has 3 nitrogen and oxygen atoms in total. The van der Waals surface area contributed by atoms with Gasteiger partial charge in [-0.05, 0) is 12.1 Å². The third-order valence-electron chi connectivity index (χ3n) is 1.37. The van der Waals surface area contributed by atoms with Gasteiger partial charge in [0.1, 0.15) is 0 Å². The fourth-order valence-corrected chi connectivity index (χ4v) is 1.14. The van der Waals surface area contributed by atoms with E-state index >= 15 is 0 Å². The second kappa shape index (κ2) is 4.29.